The van der Waals surface area contributed by atoms with Gasteiger partial charge in [-0.15, -0.1) is 0 Å². The normalized spacial score (nSPS) is 11.5. The molecule has 7 rings (SSSR count). The number of aromatic nitrogens is 3. The van der Waals surface area contributed by atoms with Gasteiger partial charge in [0.25, 0.3) is 0 Å². The van der Waals surface area contributed by atoms with Crippen LogP contribution in [-0.2, 0) is 0 Å². The van der Waals surface area contributed by atoms with Crippen LogP contribution >= 0.6 is 11.6 Å². The van der Waals surface area contributed by atoms with Crippen molar-refractivity contribution in [3.05, 3.63) is 139 Å². The third kappa shape index (κ3) is 6.96. The fraction of sp³-hybridized carbons (Fsp3) is 0. The largest absolute Gasteiger partial charge is 0.324 e. The molecule has 1 aromatic heterocycles. The van der Waals surface area contributed by atoms with Gasteiger partial charge in [0.1, 0.15) is 0 Å². The molecule has 10 heteroatoms. The number of nitrogens with one attached hydrogen (secondary N) is 2. The number of nitrogens with zero attached hydrogens (tertiary/aromatic N) is 7. The molecule has 7 aromatic rings. The first-order chi connectivity index (χ1) is 22.1. The summed E-state index contributed by atoms with van der Waals surface area (Å²) in [6.45, 7) is 0. The Hall–Kier alpha value is -6.06. The second-order valence-electron chi connectivity index (χ2n) is 10.1. The van der Waals surface area contributed by atoms with Crippen molar-refractivity contribution in [3.8, 4) is 0 Å². The first-order valence-corrected chi connectivity index (χ1v) is 14.5. The summed E-state index contributed by atoms with van der Waals surface area (Å²) < 4.78 is 0. The molecule has 0 saturated carbocycles. The van der Waals surface area contributed by atoms with Gasteiger partial charge >= 0.3 is 0 Å². The highest BCUT2D eigenvalue weighted by molar-refractivity contribution is 6.28. The van der Waals surface area contributed by atoms with Gasteiger partial charge in [-0.05, 0) is 106 Å². The van der Waals surface area contributed by atoms with Crippen molar-refractivity contribution in [3.63, 3.8) is 0 Å². The number of azo groups is 2. The fourth-order valence-electron chi connectivity index (χ4n) is 4.65. The van der Waals surface area contributed by atoms with Gasteiger partial charge in [-0.2, -0.15) is 35.4 Å². The summed E-state index contributed by atoms with van der Waals surface area (Å²) in [7, 11) is 0. The van der Waals surface area contributed by atoms with Gasteiger partial charge in [0.2, 0.25) is 17.2 Å². The molecule has 0 unspecified atom stereocenters. The number of halogens is 1. The molecule has 0 spiro atoms. The lowest BCUT2D eigenvalue weighted by Crippen LogP contribution is -2.03. The van der Waals surface area contributed by atoms with Crippen LogP contribution < -0.4 is 10.6 Å². The van der Waals surface area contributed by atoms with Gasteiger partial charge in [0, 0.05) is 11.4 Å². The van der Waals surface area contributed by atoms with Crippen molar-refractivity contribution in [2.75, 3.05) is 10.6 Å². The summed E-state index contributed by atoms with van der Waals surface area (Å²) in [5, 5.41) is 28.4. The van der Waals surface area contributed by atoms with Gasteiger partial charge in [0.05, 0.1) is 22.7 Å². The molecule has 0 aliphatic heterocycles. The number of benzene rings is 6. The molecule has 9 nitrogen and oxygen atoms in total. The quantitative estimate of drug-likeness (QED) is 0.167. The van der Waals surface area contributed by atoms with E-state index in [1.807, 2.05) is 109 Å². The maximum absolute atomic E-state index is 6.21. The third-order valence-corrected chi connectivity index (χ3v) is 7.05. The van der Waals surface area contributed by atoms with Crippen LogP contribution in [0.4, 0.5) is 46.0 Å². The van der Waals surface area contributed by atoms with Gasteiger partial charge < -0.3 is 10.6 Å². The van der Waals surface area contributed by atoms with Crippen LogP contribution in [0.5, 0.6) is 0 Å². The SMILES string of the molecule is Clc1nc(Nc2ccc(/N=N/c3ccc4ccccc4c3)cc2)nc(Nc2ccc(/N=N/c3ccc4ccccc4c3)cc2)n1. The Labute approximate surface area is 263 Å². The molecule has 6 aromatic carbocycles. The second-order valence-corrected chi connectivity index (χ2v) is 10.4. The molecule has 0 radical (unpaired) electrons. The van der Waals surface area contributed by atoms with Crippen LogP contribution in [0.3, 0.4) is 0 Å². The maximum atomic E-state index is 6.21. The molecule has 0 aliphatic carbocycles. The Kier molecular flexibility index (Phi) is 7.81. The van der Waals surface area contributed by atoms with E-state index in [9.17, 15) is 0 Å². The average Bonchev–Trinajstić information content (AvgIpc) is 3.07. The van der Waals surface area contributed by atoms with Crippen molar-refractivity contribution in [1.82, 2.24) is 15.0 Å². The minimum Gasteiger partial charge on any atom is -0.324 e. The standard InChI is InChI=1S/C35H24ClN9/c36-33-39-34(37-27-13-17-29(18-14-27)42-44-31-11-9-23-5-1-3-7-25(23)21-31)41-35(40-33)38-28-15-19-30(20-16-28)43-45-32-12-10-24-6-2-4-8-26(24)22-32/h1-22H,(H2,37,38,39,40,41)/b44-42+,45-43+. The summed E-state index contributed by atoms with van der Waals surface area (Å²) in [6, 6.07) is 43.2. The zero-order valence-electron chi connectivity index (χ0n) is 23.7. The van der Waals surface area contributed by atoms with Gasteiger partial charge in [-0.3, -0.25) is 0 Å². The molecule has 0 atom stereocenters. The Balaban J connectivity index is 0.984. The van der Waals surface area contributed by atoms with E-state index < -0.39 is 0 Å². The third-order valence-electron chi connectivity index (χ3n) is 6.88. The molecule has 45 heavy (non-hydrogen) atoms. The summed E-state index contributed by atoms with van der Waals surface area (Å²) in [6.07, 6.45) is 0. The van der Waals surface area contributed by atoms with E-state index >= 15 is 0 Å². The van der Waals surface area contributed by atoms with Crippen molar-refractivity contribution >= 4 is 79.2 Å². The molecule has 0 amide bonds. The molecule has 0 saturated heterocycles. The minimum absolute atomic E-state index is 0.0524. The highest BCUT2D eigenvalue weighted by Gasteiger charge is 2.07. The number of rotatable bonds is 8. The highest BCUT2D eigenvalue weighted by Crippen LogP contribution is 2.27. The Morgan fingerprint density at radius 3 is 1.22 bits per heavy atom. The summed E-state index contributed by atoms with van der Waals surface area (Å²) >= 11 is 6.21. The van der Waals surface area contributed by atoms with Crippen LogP contribution in [0, 0.1) is 0 Å². The Bertz CT molecular complexity index is 2030. The monoisotopic (exact) mass is 605 g/mol. The first kappa shape index (κ1) is 27.8. The number of hydrogen-bond acceptors (Lipinski definition) is 9. The van der Waals surface area contributed by atoms with Crippen LogP contribution in [0.25, 0.3) is 21.5 Å². The van der Waals surface area contributed by atoms with E-state index in [0.29, 0.717) is 23.3 Å². The van der Waals surface area contributed by atoms with Crippen LogP contribution in [0.2, 0.25) is 5.28 Å². The molecule has 216 valence electrons. The van der Waals surface area contributed by atoms with Crippen molar-refractivity contribution in [1.29, 1.82) is 0 Å². The molecule has 0 fully saturated rings. The van der Waals surface area contributed by atoms with Gasteiger partial charge in [0.15, 0.2) is 0 Å². The summed E-state index contributed by atoms with van der Waals surface area (Å²) in [5.74, 6) is 0.590. The predicted molar refractivity (Wildman–Crippen MR) is 181 cm³/mol. The summed E-state index contributed by atoms with van der Waals surface area (Å²) in [4.78, 5) is 12.9. The highest BCUT2D eigenvalue weighted by atomic mass is 35.5. The van der Waals surface area contributed by atoms with Crippen LogP contribution in [-0.4, -0.2) is 15.0 Å². The smallest absolute Gasteiger partial charge is 0.233 e. The van der Waals surface area contributed by atoms with Crippen LogP contribution in [0.1, 0.15) is 0 Å². The topological polar surface area (TPSA) is 112 Å². The van der Waals surface area contributed by atoms with Crippen molar-refractivity contribution in [2.45, 2.75) is 0 Å². The zero-order chi connectivity index (χ0) is 30.4. The Morgan fingerprint density at radius 1 is 0.400 bits per heavy atom. The lowest BCUT2D eigenvalue weighted by atomic mass is 10.1. The lowest BCUT2D eigenvalue weighted by molar-refractivity contribution is 1.06. The van der Waals surface area contributed by atoms with E-state index in [-0.39, 0.29) is 5.28 Å². The minimum atomic E-state index is 0.0524. The number of hydrogen-bond donors (Lipinski definition) is 2. The van der Waals surface area contributed by atoms with E-state index in [1.165, 1.54) is 0 Å². The maximum Gasteiger partial charge on any atom is 0.233 e. The second kappa shape index (κ2) is 12.7. The van der Waals surface area contributed by atoms with Gasteiger partial charge in [-0.1, -0.05) is 60.7 Å². The van der Waals surface area contributed by atoms with E-state index in [1.54, 1.807) is 0 Å². The molecule has 0 aliphatic rings. The van der Waals surface area contributed by atoms with E-state index in [0.717, 1.165) is 44.3 Å². The predicted octanol–water partition coefficient (Wildman–Crippen LogP) is 11.1. The average molecular weight is 606 g/mol. The van der Waals surface area contributed by atoms with Crippen molar-refractivity contribution < 1.29 is 0 Å². The molecule has 0 bridgehead atoms. The first-order valence-electron chi connectivity index (χ1n) is 14.1. The zero-order valence-corrected chi connectivity index (χ0v) is 24.5. The van der Waals surface area contributed by atoms with E-state index in [2.05, 4.69) is 70.3 Å². The number of anilines is 4. The van der Waals surface area contributed by atoms with Crippen molar-refractivity contribution in [2.24, 2.45) is 20.5 Å². The molecular formula is C35H24ClN9. The Morgan fingerprint density at radius 2 is 0.778 bits per heavy atom. The molecular weight excluding hydrogens is 582 g/mol. The fourth-order valence-corrected chi connectivity index (χ4v) is 4.81. The van der Waals surface area contributed by atoms with E-state index in [4.69, 9.17) is 11.6 Å². The molecule has 1 heterocycles. The van der Waals surface area contributed by atoms with Crippen LogP contribution in [0.15, 0.2) is 154 Å². The molecule has 2 N–H and O–H groups in total. The van der Waals surface area contributed by atoms with Gasteiger partial charge in [-0.25, -0.2) is 0 Å². The lowest BCUT2D eigenvalue weighted by Gasteiger charge is -2.09. The number of fused-ring (bicyclic) bond motifs is 2. The summed E-state index contributed by atoms with van der Waals surface area (Å²) in [5.41, 5.74) is 4.52.